The van der Waals surface area contributed by atoms with E-state index >= 15 is 0 Å². The van der Waals surface area contributed by atoms with Crippen LogP contribution in [0.4, 0.5) is 5.00 Å². The lowest BCUT2D eigenvalue weighted by atomic mass is 9.72. The molecule has 0 saturated heterocycles. The van der Waals surface area contributed by atoms with Gasteiger partial charge in [-0.15, -0.1) is 11.3 Å². The lowest BCUT2D eigenvalue weighted by molar-refractivity contribution is 0.0977. The molecule has 1 aliphatic rings. The molecule has 1 aliphatic carbocycles. The lowest BCUT2D eigenvalue weighted by Gasteiger charge is -2.33. The molecule has 0 fully saturated rings. The number of carbonyl (C=O) groups is 1. The summed E-state index contributed by atoms with van der Waals surface area (Å²) < 4.78 is 1.06. The van der Waals surface area contributed by atoms with Crippen LogP contribution in [-0.2, 0) is 12.8 Å². The van der Waals surface area contributed by atoms with Crippen molar-refractivity contribution in [3.05, 3.63) is 49.4 Å². The Bertz CT molecular complexity index is 952. The molecule has 0 saturated carbocycles. The van der Waals surface area contributed by atoms with Gasteiger partial charge >= 0.3 is 0 Å². The number of nitrogens with zero attached hydrogens (tertiary/aromatic N) is 1. The van der Waals surface area contributed by atoms with Gasteiger partial charge in [0, 0.05) is 14.0 Å². The van der Waals surface area contributed by atoms with Crippen LogP contribution >= 0.6 is 46.1 Å². The van der Waals surface area contributed by atoms with Crippen LogP contribution in [0.15, 0.2) is 24.3 Å². The van der Waals surface area contributed by atoms with E-state index in [0.29, 0.717) is 17.0 Å². The summed E-state index contributed by atoms with van der Waals surface area (Å²) in [4.78, 5) is 13.6. The van der Waals surface area contributed by atoms with Gasteiger partial charge in [0.05, 0.1) is 5.56 Å². The quantitative estimate of drug-likeness (QED) is 0.403. The van der Waals surface area contributed by atoms with Crippen LogP contribution in [-0.4, -0.2) is 11.0 Å². The normalized spacial score (nSPS) is 16.0. The number of anilines is 1. The first-order valence-corrected chi connectivity index (χ1v) is 11.4. The van der Waals surface area contributed by atoms with Crippen LogP contribution < -0.4 is 10.6 Å². The maximum Gasteiger partial charge on any atom is 0.257 e. The fourth-order valence-electron chi connectivity index (χ4n) is 3.44. The van der Waals surface area contributed by atoms with Gasteiger partial charge in [0.25, 0.3) is 5.91 Å². The molecule has 0 radical (unpaired) electrons. The number of carbonyl (C=O) groups excluding carboxylic acids is 1. The van der Waals surface area contributed by atoms with E-state index in [-0.39, 0.29) is 16.4 Å². The molecule has 7 heteroatoms. The molecule has 3 rings (SSSR count). The standard InChI is InChI=1S/C21H22IN3OS2/c1-21(2,3)13-6-9-15-16(11-23)19(28-17(15)10-13)25-20(27)24-18(26)12-4-7-14(22)8-5-12/h4-5,7-8,13H,6,9-10H2,1-3H3,(H2,24,25,26,27)/t13-/m0/s1. The van der Waals surface area contributed by atoms with Crippen molar-refractivity contribution in [3.63, 3.8) is 0 Å². The number of fused-ring (bicyclic) bond motifs is 1. The molecule has 0 spiro atoms. The van der Waals surface area contributed by atoms with E-state index in [0.717, 1.165) is 33.4 Å². The number of amides is 1. The number of thiophene rings is 1. The number of halogens is 1. The molecular formula is C21H22IN3OS2. The topological polar surface area (TPSA) is 64.9 Å². The van der Waals surface area contributed by atoms with Crippen LogP contribution in [0.5, 0.6) is 0 Å². The predicted octanol–water partition coefficient (Wildman–Crippen LogP) is 5.50. The monoisotopic (exact) mass is 523 g/mol. The Morgan fingerprint density at radius 3 is 2.61 bits per heavy atom. The van der Waals surface area contributed by atoms with Crippen LogP contribution in [0, 0.1) is 26.2 Å². The molecule has 28 heavy (non-hydrogen) atoms. The summed E-state index contributed by atoms with van der Waals surface area (Å²) in [5.74, 6) is 0.340. The number of rotatable bonds is 2. The highest BCUT2D eigenvalue weighted by atomic mass is 127. The zero-order chi connectivity index (χ0) is 20.5. The first-order chi connectivity index (χ1) is 13.2. The van der Waals surface area contributed by atoms with Crippen molar-refractivity contribution in [3.8, 4) is 6.07 Å². The SMILES string of the molecule is CC(C)(C)[C@H]1CCc2c(sc(NC(=S)NC(=O)c3ccc(I)cc3)c2C#N)C1. The van der Waals surface area contributed by atoms with Gasteiger partial charge < -0.3 is 5.32 Å². The average molecular weight is 523 g/mol. The Kier molecular flexibility index (Phi) is 6.42. The Morgan fingerprint density at radius 2 is 2.00 bits per heavy atom. The molecule has 4 nitrogen and oxygen atoms in total. The van der Waals surface area contributed by atoms with E-state index < -0.39 is 0 Å². The number of hydrogen-bond acceptors (Lipinski definition) is 4. The van der Waals surface area contributed by atoms with Crippen LogP contribution in [0.1, 0.15) is 53.6 Å². The molecule has 1 heterocycles. The minimum Gasteiger partial charge on any atom is -0.323 e. The summed E-state index contributed by atoms with van der Waals surface area (Å²) in [5.41, 5.74) is 2.60. The van der Waals surface area contributed by atoms with E-state index in [9.17, 15) is 10.1 Å². The number of benzene rings is 1. The molecular weight excluding hydrogens is 501 g/mol. The van der Waals surface area contributed by atoms with Crippen molar-refractivity contribution in [2.75, 3.05) is 5.32 Å². The van der Waals surface area contributed by atoms with Crippen molar-refractivity contribution in [2.45, 2.75) is 40.0 Å². The fraction of sp³-hybridized carbons (Fsp3) is 0.381. The van der Waals surface area contributed by atoms with Gasteiger partial charge in [-0.25, -0.2) is 0 Å². The molecule has 1 amide bonds. The Hall–Kier alpha value is -1.50. The van der Waals surface area contributed by atoms with Crippen molar-refractivity contribution in [1.29, 1.82) is 5.26 Å². The van der Waals surface area contributed by atoms with Gasteiger partial charge in [-0.2, -0.15) is 5.26 Å². The lowest BCUT2D eigenvalue weighted by Crippen LogP contribution is -2.34. The van der Waals surface area contributed by atoms with Crippen molar-refractivity contribution in [1.82, 2.24) is 5.32 Å². The molecule has 1 atom stereocenters. The van der Waals surface area contributed by atoms with Gasteiger partial charge in [0.15, 0.2) is 5.11 Å². The van der Waals surface area contributed by atoms with Crippen molar-refractivity contribution < 1.29 is 4.79 Å². The first kappa shape index (κ1) is 21.2. The van der Waals surface area contributed by atoms with E-state index in [1.807, 2.05) is 12.1 Å². The van der Waals surface area contributed by atoms with E-state index in [1.165, 1.54) is 4.88 Å². The summed E-state index contributed by atoms with van der Waals surface area (Å²) in [5, 5.41) is 16.4. The molecule has 1 aromatic carbocycles. The molecule has 2 aromatic rings. The number of hydrogen-bond donors (Lipinski definition) is 2. The third kappa shape index (κ3) is 4.73. The first-order valence-electron chi connectivity index (χ1n) is 9.11. The maximum atomic E-state index is 12.4. The van der Waals surface area contributed by atoms with Gasteiger partial charge in [-0.05, 0) is 95.2 Å². The Labute approximate surface area is 188 Å². The summed E-state index contributed by atoms with van der Waals surface area (Å²) in [6.07, 6.45) is 3.00. The Balaban J connectivity index is 1.73. The second kappa shape index (κ2) is 8.47. The molecule has 1 aromatic heterocycles. The highest BCUT2D eigenvalue weighted by molar-refractivity contribution is 14.1. The van der Waals surface area contributed by atoms with Crippen molar-refractivity contribution in [2.24, 2.45) is 11.3 Å². The largest absolute Gasteiger partial charge is 0.323 e. The van der Waals surface area contributed by atoms with E-state index in [4.69, 9.17) is 12.2 Å². The van der Waals surface area contributed by atoms with Crippen LogP contribution in [0.2, 0.25) is 0 Å². The second-order valence-corrected chi connectivity index (χ2v) is 10.8. The minimum atomic E-state index is -0.262. The molecule has 2 N–H and O–H groups in total. The third-order valence-electron chi connectivity index (χ3n) is 5.16. The number of nitriles is 1. The fourth-order valence-corrected chi connectivity index (χ4v) is 5.34. The minimum absolute atomic E-state index is 0.214. The summed E-state index contributed by atoms with van der Waals surface area (Å²) in [7, 11) is 0. The number of nitrogens with one attached hydrogen (secondary N) is 2. The smallest absolute Gasteiger partial charge is 0.257 e. The highest BCUT2D eigenvalue weighted by Crippen LogP contribution is 2.43. The van der Waals surface area contributed by atoms with Gasteiger partial charge in [-0.3, -0.25) is 10.1 Å². The maximum absolute atomic E-state index is 12.4. The van der Waals surface area contributed by atoms with E-state index in [2.05, 4.69) is 60.1 Å². The second-order valence-electron chi connectivity index (χ2n) is 8.04. The van der Waals surface area contributed by atoms with E-state index in [1.54, 1.807) is 23.5 Å². The van der Waals surface area contributed by atoms with Gasteiger partial charge in [0.1, 0.15) is 11.1 Å². The van der Waals surface area contributed by atoms with Crippen molar-refractivity contribution >= 4 is 62.2 Å². The zero-order valence-corrected chi connectivity index (χ0v) is 19.8. The molecule has 0 aliphatic heterocycles. The van der Waals surface area contributed by atoms with Crippen LogP contribution in [0.3, 0.4) is 0 Å². The molecule has 0 bridgehead atoms. The average Bonchev–Trinajstić information content (AvgIpc) is 2.97. The van der Waals surface area contributed by atoms with Crippen LogP contribution in [0.25, 0.3) is 0 Å². The summed E-state index contributed by atoms with van der Waals surface area (Å²) >= 11 is 9.10. The van der Waals surface area contributed by atoms with Gasteiger partial charge in [0.2, 0.25) is 0 Å². The highest BCUT2D eigenvalue weighted by Gasteiger charge is 2.32. The van der Waals surface area contributed by atoms with Gasteiger partial charge in [-0.1, -0.05) is 20.8 Å². The predicted molar refractivity (Wildman–Crippen MR) is 127 cm³/mol. The molecule has 146 valence electrons. The number of thiocarbonyl (C=S) groups is 1. The third-order valence-corrected chi connectivity index (χ3v) is 7.26. The molecule has 0 unspecified atom stereocenters. The summed E-state index contributed by atoms with van der Waals surface area (Å²) in [6, 6.07) is 9.60. The zero-order valence-electron chi connectivity index (χ0n) is 16.1. The summed E-state index contributed by atoms with van der Waals surface area (Å²) in [6.45, 7) is 6.82. The Morgan fingerprint density at radius 1 is 1.32 bits per heavy atom.